The Morgan fingerprint density at radius 1 is 1.24 bits per heavy atom. The van der Waals surface area contributed by atoms with Crippen LogP contribution in [0.25, 0.3) is 0 Å². The van der Waals surface area contributed by atoms with E-state index in [1.807, 2.05) is 31.2 Å². The van der Waals surface area contributed by atoms with Crippen molar-refractivity contribution in [2.45, 2.75) is 46.4 Å². The first-order chi connectivity index (χ1) is 9.85. The summed E-state index contributed by atoms with van der Waals surface area (Å²) in [4.78, 5) is 0. The van der Waals surface area contributed by atoms with Crippen molar-refractivity contribution in [2.24, 2.45) is 0 Å². The lowest BCUT2D eigenvalue weighted by Gasteiger charge is -2.20. The van der Waals surface area contributed by atoms with Gasteiger partial charge in [-0.25, -0.2) is 0 Å². The molecule has 0 saturated carbocycles. The van der Waals surface area contributed by atoms with Crippen molar-refractivity contribution in [1.29, 1.82) is 0 Å². The summed E-state index contributed by atoms with van der Waals surface area (Å²) in [5.41, 5.74) is 2.28. The SMILES string of the molecule is Cc1ccc(OCc2occc2CNC(C)(C)C)c(Cl)c1. The Morgan fingerprint density at radius 3 is 2.67 bits per heavy atom. The van der Waals surface area contributed by atoms with E-state index in [4.69, 9.17) is 20.8 Å². The molecule has 0 amide bonds. The van der Waals surface area contributed by atoms with Gasteiger partial charge in [-0.2, -0.15) is 0 Å². The maximum atomic E-state index is 6.16. The smallest absolute Gasteiger partial charge is 0.146 e. The van der Waals surface area contributed by atoms with Gasteiger partial charge in [0.2, 0.25) is 0 Å². The van der Waals surface area contributed by atoms with E-state index in [0.29, 0.717) is 17.4 Å². The first-order valence-electron chi connectivity index (χ1n) is 7.04. The quantitative estimate of drug-likeness (QED) is 0.868. The second-order valence-corrected chi connectivity index (χ2v) is 6.60. The molecule has 0 bridgehead atoms. The number of halogens is 1. The number of rotatable bonds is 5. The number of aryl methyl sites for hydroxylation is 1. The minimum Gasteiger partial charge on any atom is -0.484 e. The van der Waals surface area contributed by atoms with E-state index in [1.165, 1.54) is 0 Å². The number of hydrogen-bond donors (Lipinski definition) is 1. The third kappa shape index (κ3) is 4.80. The molecule has 1 heterocycles. The third-order valence-corrected chi connectivity index (χ3v) is 3.39. The summed E-state index contributed by atoms with van der Waals surface area (Å²) < 4.78 is 11.3. The number of furan rings is 1. The molecule has 0 radical (unpaired) electrons. The summed E-state index contributed by atoms with van der Waals surface area (Å²) in [5, 5.41) is 4.06. The van der Waals surface area contributed by atoms with E-state index in [9.17, 15) is 0 Å². The van der Waals surface area contributed by atoms with Crippen LogP contribution in [-0.2, 0) is 13.2 Å². The van der Waals surface area contributed by atoms with Crippen LogP contribution in [0.1, 0.15) is 37.7 Å². The summed E-state index contributed by atoms with van der Waals surface area (Å²) in [6.07, 6.45) is 1.69. The van der Waals surface area contributed by atoms with Crippen molar-refractivity contribution >= 4 is 11.6 Å². The standard InChI is InChI=1S/C17H22ClNO2/c1-12-5-6-15(14(18)9-12)21-11-16-13(7-8-20-16)10-19-17(2,3)4/h5-9,19H,10-11H2,1-4H3. The molecule has 2 rings (SSSR count). The Hall–Kier alpha value is -1.45. The van der Waals surface area contributed by atoms with Gasteiger partial charge in [-0.15, -0.1) is 0 Å². The van der Waals surface area contributed by atoms with E-state index in [-0.39, 0.29) is 5.54 Å². The summed E-state index contributed by atoms with van der Waals surface area (Å²) >= 11 is 6.16. The monoisotopic (exact) mass is 307 g/mol. The van der Waals surface area contributed by atoms with Crippen LogP contribution in [0.2, 0.25) is 5.02 Å². The molecule has 114 valence electrons. The van der Waals surface area contributed by atoms with Crippen molar-refractivity contribution in [3.8, 4) is 5.75 Å². The zero-order valence-corrected chi connectivity index (χ0v) is 13.8. The van der Waals surface area contributed by atoms with Crippen molar-refractivity contribution in [1.82, 2.24) is 5.32 Å². The Morgan fingerprint density at radius 2 is 2.00 bits per heavy atom. The maximum absolute atomic E-state index is 6.16. The van der Waals surface area contributed by atoms with Crippen LogP contribution in [0, 0.1) is 6.92 Å². The molecule has 2 aromatic rings. The Balaban J connectivity index is 1.99. The van der Waals surface area contributed by atoms with Crippen LogP contribution in [-0.4, -0.2) is 5.54 Å². The molecule has 1 N–H and O–H groups in total. The maximum Gasteiger partial charge on any atom is 0.146 e. The van der Waals surface area contributed by atoms with Gasteiger partial charge in [0.15, 0.2) is 0 Å². The number of benzene rings is 1. The van der Waals surface area contributed by atoms with Gasteiger partial charge in [-0.1, -0.05) is 17.7 Å². The highest BCUT2D eigenvalue weighted by atomic mass is 35.5. The van der Waals surface area contributed by atoms with Gasteiger partial charge in [-0.3, -0.25) is 0 Å². The van der Waals surface area contributed by atoms with E-state index in [1.54, 1.807) is 6.26 Å². The zero-order valence-electron chi connectivity index (χ0n) is 13.0. The molecular formula is C17H22ClNO2. The van der Waals surface area contributed by atoms with Gasteiger partial charge in [0.25, 0.3) is 0 Å². The van der Waals surface area contributed by atoms with Gasteiger partial charge >= 0.3 is 0 Å². The lowest BCUT2D eigenvalue weighted by atomic mass is 10.1. The average Bonchev–Trinajstić information content (AvgIpc) is 2.82. The first kappa shape index (κ1) is 15.9. The zero-order chi connectivity index (χ0) is 15.5. The van der Waals surface area contributed by atoms with Gasteiger partial charge in [0.05, 0.1) is 11.3 Å². The Kier molecular flexibility index (Phi) is 4.96. The Labute approximate surface area is 131 Å². The molecule has 1 aromatic carbocycles. The van der Waals surface area contributed by atoms with Crippen molar-refractivity contribution in [2.75, 3.05) is 0 Å². The van der Waals surface area contributed by atoms with Gasteiger partial charge in [0.1, 0.15) is 18.1 Å². The molecule has 3 nitrogen and oxygen atoms in total. The number of hydrogen-bond acceptors (Lipinski definition) is 3. The predicted octanol–water partition coefficient (Wildman–Crippen LogP) is 4.71. The molecule has 0 aliphatic heterocycles. The average molecular weight is 308 g/mol. The minimum atomic E-state index is 0.0651. The van der Waals surface area contributed by atoms with Gasteiger partial charge in [-0.05, 0) is 51.5 Å². The van der Waals surface area contributed by atoms with E-state index < -0.39 is 0 Å². The molecule has 0 fully saturated rings. The summed E-state index contributed by atoms with van der Waals surface area (Å²) in [6.45, 7) is 9.52. The van der Waals surface area contributed by atoms with Crippen molar-refractivity contribution in [3.05, 3.63) is 52.4 Å². The molecular weight excluding hydrogens is 286 g/mol. The molecule has 0 unspecified atom stereocenters. The summed E-state index contributed by atoms with van der Waals surface area (Å²) in [7, 11) is 0. The highest BCUT2D eigenvalue weighted by Crippen LogP contribution is 2.26. The normalized spacial score (nSPS) is 11.7. The highest BCUT2D eigenvalue weighted by Gasteiger charge is 2.13. The predicted molar refractivity (Wildman–Crippen MR) is 85.8 cm³/mol. The van der Waals surface area contributed by atoms with E-state index in [2.05, 4.69) is 26.1 Å². The molecule has 4 heteroatoms. The fraction of sp³-hybridized carbons (Fsp3) is 0.412. The Bertz CT molecular complexity index is 599. The fourth-order valence-corrected chi connectivity index (χ4v) is 2.17. The second kappa shape index (κ2) is 6.54. The molecule has 0 saturated heterocycles. The largest absolute Gasteiger partial charge is 0.484 e. The topological polar surface area (TPSA) is 34.4 Å². The van der Waals surface area contributed by atoms with Crippen LogP contribution >= 0.6 is 11.6 Å². The van der Waals surface area contributed by atoms with Crippen LogP contribution in [0.4, 0.5) is 0 Å². The lowest BCUT2D eigenvalue weighted by Crippen LogP contribution is -2.35. The number of ether oxygens (including phenoxy) is 1. The summed E-state index contributed by atoms with van der Waals surface area (Å²) in [6, 6.07) is 7.72. The second-order valence-electron chi connectivity index (χ2n) is 6.20. The van der Waals surface area contributed by atoms with Gasteiger partial charge < -0.3 is 14.5 Å². The highest BCUT2D eigenvalue weighted by molar-refractivity contribution is 6.32. The molecule has 0 atom stereocenters. The fourth-order valence-electron chi connectivity index (χ4n) is 1.88. The van der Waals surface area contributed by atoms with Crippen molar-refractivity contribution in [3.63, 3.8) is 0 Å². The molecule has 0 aliphatic rings. The van der Waals surface area contributed by atoms with Crippen molar-refractivity contribution < 1.29 is 9.15 Å². The third-order valence-electron chi connectivity index (χ3n) is 3.09. The van der Waals surface area contributed by atoms with Crippen LogP contribution < -0.4 is 10.1 Å². The lowest BCUT2D eigenvalue weighted by molar-refractivity contribution is 0.267. The molecule has 0 aliphatic carbocycles. The summed E-state index contributed by atoms with van der Waals surface area (Å²) in [5.74, 6) is 1.50. The van der Waals surface area contributed by atoms with E-state index in [0.717, 1.165) is 23.4 Å². The molecule has 21 heavy (non-hydrogen) atoms. The van der Waals surface area contributed by atoms with Crippen LogP contribution in [0.5, 0.6) is 5.75 Å². The van der Waals surface area contributed by atoms with Crippen LogP contribution in [0.15, 0.2) is 34.9 Å². The first-order valence-corrected chi connectivity index (χ1v) is 7.42. The minimum absolute atomic E-state index is 0.0651. The van der Waals surface area contributed by atoms with E-state index >= 15 is 0 Å². The molecule has 0 spiro atoms. The molecule has 1 aromatic heterocycles. The number of nitrogens with one attached hydrogen (secondary N) is 1. The van der Waals surface area contributed by atoms with Crippen LogP contribution in [0.3, 0.4) is 0 Å². The van der Waals surface area contributed by atoms with Gasteiger partial charge in [0, 0.05) is 17.6 Å².